The van der Waals surface area contributed by atoms with Crippen molar-refractivity contribution in [1.82, 2.24) is 5.48 Å². The van der Waals surface area contributed by atoms with Crippen LogP contribution < -0.4 is 11.2 Å². The second kappa shape index (κ2) is 2.47. The van der Waals surface area contributed by atoms with Gasteiger partial charge >= 0.3 is 6.03 Å². The summed E-state index contributed by atoms with van der Waals surface area (Å²) < 4.78 is 0. The standard InChI is InChI=1S/C2H5N2O2/c1-6-4-2(3)5/h1H3,(H2,3,5). The van der Waals surface area contributed by atoms with Crippen molar-refractivity contribution < 1.29 is 9.63 Å². The van der Waals surface area contributed by atoms with Crippen molar-refractivity contribution in [3.63, 3.8) is 0 Å². The molecule has 2 amide bonds. The lowest BCUT2D eigenvalue weighted by Crippen LogP contribution is -2.20. The molecule has 0 saturated heterocycles. The third-order valence-corrected chi connectivity index (χ3v) is 0.181. The van der Waals surface area contributed by atoms with E-state index in [-0.39, 0.29) is 0 Å². The van der Waals surface area contributed by atoms with Crippen LogP contribution in [0.2, 0.25) is 0 Å². The number of carbonyl (C=O) groups is 1. The van der Waals surface area contributed by atoms with Gasteiger partial charge in [-0.1, -0.05) is 5.48 Å². The zero-order valence-corrected chi connectivity index (χ0v) is 3.34. The fraction of sp³-hybridized carbons (Fsp3) is 0.500. The lowest BCUT2D eigenvalue weighted by molar-refractivity contribution is 0.105. The molecule has 0 aliphatic heterocycles. The Labute approximate surface area is 35.2 Å². The van der Waals surface area contributed by atoms with E-state index >= 15 is 0 Å². The van der Waals surface area contributed by atoms with Crippen LogP contribution in [0.1, 0.15) is 0 Å². The maximum atomic E-state index is 9.53. The Balaban J connectivity index is 2.83. The van der Waals surface area contributed by atoms with Gasteiger partial charge in [0, 0.05) is 0 Å². The monoisotopic (exact) mass is 89.0 g/mol. The molecule has 0 heterocycles. The number of nitrogens with two attached hydrogens (primary N) is 1. The topological polar surface area (TPSA) is 66.4 Å². The van der Waals surface area contributed by atoms with E-state index in [1.807, 2.05) is 0 Å². The summed E-state index contributed by atoms with van der Waals surface area (Å²) in [6, 6.07) is -0.808. The van der Waals surface area contributed by atoms with Crippen molar-refractivity contribution in [3.05, 3.63) is 0 Å². The summed E-state index contributed by atoms with van der Waals surface area (Å²) >= 11 is 0. The molecule has 0 aromatic rings. The normalized spacial score (nSPS) is 7.50. The summed E-state index contributed by atoms with van der Waals surface area (Å²) in [6.45, 7) is 0. The summed E-state index contributed by atoms with van der Waals surface area (Å²) in [5, 5.41) is 0. The van der Waals surface area contributed by atoms with Crippen LogP contribution in [-0.4, -0.2) is 13.1 Å². The first-order valence-corrected chi connectivity index (χ1v) is 1.31. The average molecular weight is 89.1 g/mol. The number of hydroxylamine groups is 1. The largest absolute Gasteiger partial charge is 0.361 e. The Kier molecular flexibility index (Phi) is 2.15. The molecular formula is C2H5N2O2. The molecule has 0 rings (SSSR count). The van der Waals surface area contributed by atoms with Crippen LogP contribution in [0.3, 0.4) is 0 Å². The molecule has 0 aliphatic rings. The van der Waals surface area contributed by atoms with Crippen molar-refractivity contribution in [2.24, 2.45) is 5.73 Å². The van der Waals surface area contributed by atoms with E-state index in [1.54, 1.807) is 0 Å². The van der Waals surface area contributed by atoms with Crippen molar-refractivity contribution in [1.29, 1.82) is 0 Å². The first-order valence-electron chi connectivity index (χ1n) is 1.31. The van der Waals surface area contributed by atoms with Crippen LogP contribution in [0.5, 0.6) is 0 Å². The van der Waals surface area contributed by atoms with Gasteiger partial charge in [-0.25, -0.2) is 4.79 Å². The summed E-state index contributed by atoms with van der Waals surface area (Å²) in [5.74, 6) is 0. The highest BCUT2D eigenvalue weighted by Crippen LogP contribution is 1.54. The van der Waals surface area contributed by atoms with Crippen LogP contribution in [0.15, 0.2) is 0 Å². The van der Waals surface area contributed by atoms with E-state index in [4.69, 9.17) is 0 Å². The highest BCUT2D eigenvalue weighted by atomic mass is 16.6. The predicted molar refractivity (Wildman–Crippen MR) is 18.7 cm³/mol. The number of rotatable bonds is 1. The summed E-state index contributed by atoms with van der Waals surface area (Å²) in [4.78, 5) is 13.5. The van der Waals surface area contributed by atoms with Crippen LogP contribution in [0, 0.1) is 0 Å². The second-order valence-corrected chi connectivity index (χ2v) is 0.612. The fourth-order valence-corrected chi connectivity index (χ4v) is 0.0900. The van der Waals surface area contributed by atoms with Gasteiger partial charge in [0.1, 0.15) is 0 Å². The maximum Gasteiger partial charge on any atom is 0.361 e. The summed E-state index contributed by atoms with van der Waals surface area (Å²) in [5.41, 5.74) is 7.24. The zero-order chi connectivity index (χ0) is 4.99. The Morgan fingerprint density at radius 3 is 2.50 bits per heavy atom. The first kappa shape index (κ1) is 5.23. The van der Waals surface area contributed by atoms with E-state index in [0.717, 1.165) is 0 Å². The Morgan fingerprint density at radius 2 is 2.50 bits per heavy atom. The molecule has 35 valence electrons. The molecule has 0 saturated carbocycles. The summed E-state index contributed by atoms with van der Waals surface area (Å²) in [7, 11) is 1.25. The van der Waals surface area contributed by atoms with Gasteiger partial charge in [0.2, 0.25) is 0 Å². The van der Waals surface area contributed by atoms with E-state index < -0.39 is 6.03 Å². The molecule has 2 N–H and O–H groups in total. The predicted octanol–water partition coefficient (Wildman–Crippen LogP) is -0.769. The minimum absolute atomic E-state index is 0.808. The van der Waals surface area contributed by atoms with Gasteiger partial charge in [-0.05, 0) is 0 Å². The number of hydrogen-bond acceptors (Lipinski definition) is 2. The molecule has 4 nitrogen and oxygen atoms in total. The SMILES string of the molecule is CO[N]C(N)=O. The van der Waals surface area contributed by atoms with Crippen LogP contribution in [0.4, 0.5) is 4.79 Å². The number of amides is 2. The van der Waals surface area contributed by atoms with Crippen molar-refractivity contribution in [2.45, 2.75) is 0 Å². The number of nitrogens with zero attached hydrogens (tertiary/aromatic N) is 1. The van der Waals surface area contributed by atoms with Gasteiger partial charge in [-0.15, -0.1) is 0 Å². The minimum Gasteiger partial charge on any atom is -0.348 e. The number of urea groups is 1. The molecule has 0 unspecified atom stereocenters. The van der Waals surface area contributed by atoms with Crippen molar-refractivity contribution in [2.75, 3.05) is 7.11 Å². The quantitative estimate of drug-likeness (QED) is 0.428. The zero-order valence-electron chi connectivity index (χ0n) is 3.34. The number of hydrogen-bond donors (Lipinski definition) is 1. The molecule has 0 spiro atoms. The summed E-state index contributed by atoms with van der Waals surface area (Å²) in [6.07, 6.45) is 0. The molecule has 0 aromatic carbocycles. The average Bonchev–Trinajstić information content (AvgIpc) is 1.35. The van der Waals surface area contributed by atoms with Gasteiger partial charge in [0.15, 0.2) is 0 Å². The Bertz CT molecular complexity index is 53.5. The smallest absolute Gasteiger partial charge is 0.348 e. The van der Waals surface area contributed by atoms with E-state index in [2.05, 4.69) is 16.1 Å². The Morgan fingerprint density at radius 1 is 2.00 bits per heavy atom. The van der Waals surface area contributed by atoms with Gasteiger partial charge in [0.25, 0.3) is 0 Å². The Hall–Kier alpha value is -0.770. The number of carbonyl (C=O) groups excluding carboxylic acids is 1. The molecule has 0 fully saturated rings. The highest BCUT2D eigenvalue weighted by Gasteiger charge is 1.85. The minimum atomic E-state index is -0.808. The molecule has 0 bridgehead atoms. The van der Waals surface area contributed by atoms with E-state index in [9.17, 15) is 4.79 Å². The third kappa shape index (κ3) is 3.23. The van der Waals surface area contributed by atoms with Gasteiger partial charge in [0.05, 0.1) is 7.11 Å². The molecule has 6 heavy (non-hydrogen) atoms. The van der Waals surface area contributed by atoms with Gasteiger partial charge < -0.3 is 5.73 Å². The first-order chi connectivity index (χ1) is 2.77. The second-order valence-electron chi connectivity index (χ2n) is 0.612. The third-order valence-electron chi connectivity index (χ3n) is 0.181. The van der Waals surface area contributed by atoms with Crippen LogP contribution in [0.25, 0.3) is 0 Å². The lowest BCUT2D eigenvalue weighted by atomic mass is 11.2. The van der Waals surface area contributed by atoms with Gasteiger partial charge in [-0.2, -0.15) is 0 Å². The lowest BCUT2D eigenvalue weighted by Gasteiger charge is -1.84. The maximum absolute atomic E-state index is 9.53. The molecule has 0 aromatic heterocycles. The molecule has 0 atom stereocenters. The molecule has 1 radical (unpaired) electrons. The molecule has 4 heteroatoms. The van der Waals surface area contributed by atoms with Crippen molar-refractivity contribution >= 4 is 6.03 Å². The molecular weight excluding hydrogens is 84.0 g/mol. The highest BCUT2D eigenvalue weighted by molar-refractivity contribution is 5.69. The number of primary amides is 1. The van der Waals surface area contributed by atoms with E-state index in [1.165, 1.54) is 7.11 Å². The molecule has 0 aliphatic carbocycles. The fourth-order valence-electron chi connectivity index (χ4n) is 0.0900. The van der Waals surface area contributed by atoms with E-state index in [0.29, 0.717) is 0 Å². The van der Waals surface area contributed by atoms with Crippen molar-refractivity contribution in [3.8, 4) is 0 Å². The van der Waals surface area contributed by atoms with Crippen LogP contribution >= 0.6 is 0 Å². The van der Waals surface area contributed by atoms with Gasteiger partial charge in [-0.3, -0.25) is 4.84 Å². The van der Waals surface area contributed by atoms with Crippen LogP contribution in [-0.2, 0) is 4.84 Å².